The van der Waals surface area contributed by atoms with Crippen LogP contribution in [0.3, 0.4) is 0 Å². The predicted octanol–water partition coefficient (Wildman–Crippen LogP) is 8.32. The molecule has 1 amide bonds. The molecule has 0 aromatic rings. The van der Waals surface area contributed by atoms with Crippen LogP contribution in [0.1, 0.15) is 155 Å². The molecule has 2 unspecified atom stereocenters. The van der Waals surface area contributed by atoms with Crippen LogP contribution in [0.2, 0.25) is 0 Å². The Morgan fingerprint density at radius 2 is 1.21 bits per heavy atom. The lowest BCUT2D eigenvalue weighted by atomic mass is 10.0. The maximum atomic E-state index is 11.9. The number of hydrogen-bond acceptors (Lipinski definition) is 7. The van der Waals surface area contributed by atoms with Crippen LogP contribution in [0.25, 0.3) is 0 Å². The topological polar surface area (TPSA) is 131 Å². The van der Waals surface area contributed by atoms with Crippen LogP contribution < -0.4 is 5.32 Å². The van der Waals surface area contributed by atoms with Gasteiger partial charge in [0.25, 0.3) is 0 Å². The highest BCUT2D eigenvalue weighted by atomic mass is 31.2. The first kappa shape index (κ1) is 41.8. The molecular weight excluding hydrogens is 569 g/mol. The first-order valence-corrected chi connectivity index (χ1v) is 18.7. The number of carbonyl (C=O) groups excluding carboxylic acids is 2. The number of amides is 1. The van der Waals surface area contributed by atoms with Crippen molar-refractivity contribution >= 4 is 19.7 Å². The molecule has 0 aromatic heterocycles. The highest BCUT2D eigenvalue weighted by Crippen LogP contribution is 2.42. The van der Waals surface area contributed by atoms with Gasteiger partial charge in [-0.2, -0.15) is 0 Å². The standard InChI is InChI=1S/C33H64NO8P/c1-3-5-6-7-8-9-10-11-12-13-14-15-16-17-18-19-20-21-22-23-24-26-33(37)40-29-31(35)30-42-43(38,39)41-28-27-34-32(36)25-4-2/h11-12,31,35H,3-10,13-30H2,1-2H3,(H,34,36)(H,38,39)/b12-11+. The quantitative estimate of drug-likeness (QED) is 0.0292. The van der Waals surface area contributed by atoms with Crippen molar-refractivity contribution in [1.82, 2.24) is 5.32 Å². The summed E-state index contributed by atoms with van der Waals surface area (Å²) in [4.78, 5) is 32.8. The third kappa shape index (κ3) is 32.0. The minimum absolute atomic E-state index is 0.0742. The average molecular weight is 634 g/mol. The van der Waals surface area contributed by atoms with Gasteiger partial charge < -0.3 is 20.1 Å². The van der Waals surface area contributed by atoms with Crippen LogP contribution >= 0.6 is 7.82 Å². The molecule has 0 aliphatic carbocycles. The molecule has 0 aromatic carbocycles. The van der Waals surface area contributed by atoms with E-state index in [0.717, 1.165) is 19.3 Å². The van der Waals surface area contributed by atoms with Crippen molar-refractivity contribution < 1.29 is 37.9 Å². The SMILES string of the molecule is CCCCCCCC/C=C/CCCCCCCCCCCCCC(=O)OCC(O)COP(=O)(O)OCCNC(=O)CCC. The van der Waals surface area contributed by atoms with Gasteiger partial charge in [-0.3, -0.25) is 18.6 Å². The minimum Gasteiger partial charge on any atom is -0.463 e. The van der Waals surface area contributed by atoms with Crippen molar-refractivity contribution in [3.8, 4) is 0 Å². The van der Waals surface area contributed by atoms with Gasteiger partial charge in [-0.05, 0) is 38.5 Å². The summed E-state index contributed by atoms with van der Waals surface area (Å²) in [7, 11) is -4.37. The van der Waals surface area contributed by atoms with E-state index in [2.05, 4.69) is 24.4 Å². The van der Waals surface area contributed by atoms with Gasteiger partial charge in [-0.15, -0.1) is 0 Å². The normalized spacial score (nSPS) is 13.7. The summed E-state index contributed by atoms with van der Waals surface area (Å²) in [6.07, 6.45) is 28.7. The third-order valence-electron chi connectivity index (χ3n) is 7.17. The number of ether oxygens (including phenoxy) is 1. The number of nitrogens with one attached hydrogen (secondary N) is 1. The van der Waals surface area contributed by atoms with Gasteiger partial charge in [0.2, 0.25) is 5.91 Å². The van der Waals surface area contributed by atoms with Gasteiger partial charge in [-0.25, -0.2) is 4.57 Å². The molecule has 9 nitrogen and oxygen atoms in total. The van der Waals surface area contributed by atoms with E-state index in [0.29, 0.717) is 12.8 Å². The van der Waals surface area contributed by atoms with E-state index in [1.165, 1.54) is 103 Å². The first-order valence-electron chi connectivity index (χ1n) is 17.2. The largest absolute Gasteiger partial charge is 0.472 e. The molecule has 0 aliphatic heterocycles. The summed E-state index contributed by atoms with van der Waals surface area (Å²) < 4.78 is 26.3. The van der Waals surface area contributed by atoms with E-state index in [1.807, 2.05) is 6.92 Å². The number of rotatable bonds is 32. The van der Waals surface area contributed by atoms with Crippen LogP contribution in [-0.2, 0) is 27.9 Å². The second-order valence-electron chi connectivity index (χ2n) is 11.5. The number of esters is 1. The summed E-state index contributed by atoms with van der Waals surface area (Å²) in [5.74, 6) is -0.570. The van der Waals surface area contributed by atoms with Crippen LogP contribution in [0, 0.1) is 0 Å². The van der Waals surface area contributed by atoms with Crippen molar-refractivity contribution in [2.24, 2.45) is 0 Å². The average Bonchev–Trinajstić information content (AvgIpc) is 2.98. The maximum absolute atomic E-state index is 11.9. The van der Waals surface area contributed by atoms with Gasteiger partial charge >= 0.3 is 13.8 Å². The number of phosphoric ester groups is 1. The second kappa shape index (κ2) is 30.8. The number of unbranched alkanes of at least 4 members (excludes halogenated alkanes) is 17. The molecule has 0 rings (SSSR count). The molecule has 0 heterocycles. The smallest absolute Gasteiger partial charge is 0.463 e. The molecule has 43 heavy (non-hydrogen) atoms. The fourth-order valence-electron chi connectivity index (χ4n) is 4.59. The van der Waals surface area contributed by atoms with E-state index < -0.39 is 26.5 Å². The molecule has 0 aliphatic rings. The van der Waals surface area contributed by atoms with Crippen LogP contribution in [0.5, 0.6) is 0 Å². The Morgan fingerprint density at radius 1 is 0.698 bits per heavy atom. The molecule has 254 valence electrons. The lowest BCUT2D eigenvalue weighted by molar-refractivity contribution is -0.147. The van der Waals surface area contributed by atoms with Crippen molar-refractivity contribution in [3.63, 3.8) is 0 Å². The fraction of sp³-hybridized carbons (Fsp3) is 0.879. The number of aliphatic hydroxyl groups is 1. The molecule has 3 N–H and O–H groups in total. The summed E-state index contributed by atoms with van der Waals surface area (Å²) in [5.41, 5.74) is 0. The summed E-state index contributed by atoms with van der Waals surface area (Å²) in [5, 5.41) is 12.4. The maximum Gasteiger partial charge on any atom is 0.472 e. The second-order valence-corrected chi connectivity index (χ2v) is 12.9. The van der Waals surface area contributed by atoms with Crippen LogP contribution in [0.15, 0.2) is 12.2 Å². The Balaban J connectivity index is 3.48. The molecule has 2 atom stereocenters. The number of phosphoric acid groups is 1. The van der Waals surface area contributed by atoms with E-state index >= 15 is 0 Å². The van der Waals surface area contributed by atoms with Crippen LogP contribution in [0.4, 0.5) is 0 Å². The number of allylic oxidation sites excluding steroid dienone is 2. The van der Waals surface area contributed by atoms with E-state index in [4.69, 9.17) is 13.8 Å². The Kier molecular flexibility index (Phi) is 29.9. The van der Waals surface area contributed by atoms with E-state index in [1.54, 1.807) is 0 Å². The Morgan fingerprint density at radius 3 is 1.74 bits per heavy atom. The molecular formula is C33H64NO8P. The van der Waals surface area contributed by atoms with Gasteiger partial charge in [0.1, 0.15) is 12.7 Å². The van der Waals surface area contributed by atoms with E-state index in [-0.39, 0.29) is 32.1 Å². The zero-order chi connectivity index (χ0) is 31.9. The molecule has 0 radical (unpaired) electrons. The van der Waals surface area contributed by atoms with Crippen LogP contribution in [-0.4, -0.2) is 54.3 Å². The number of aliphatic hydroxyl groups excluding tert-OH is 1. The van der Waals surface area contributed by atoms with Crippen molar-refractivity contribution in [1.29, 1.82) is 0 Å². The Hall–Kier alpha value is -1.25. The molecule has 10 heteroatoms. The first-order chi connectivity index (χ1) is 20.8. The molecule has 0 bridgehead atoms. The predicted molar refractivity (Wildman–Crippen MR) is 174 cm³/mol. The molecule has 0 saturated heterocycles. The zero-order valence-corrected chi connectivity index (χ0v) is 28.3. The minimum atomic E-state index is -4.37. The van der Waals surface area contributed by atoms with Gasteiger partial charge in [0.15, 0.2) is 0 Å². The van der Waals surface area contributed by atoms with Gasteiger partial charge in [-0.1, -0.05) is 116 Å². The molecule has 0 fully saturated rings. The number of carbonyl (C=O) groups is 2. The lowest BCUT2D eigenvalue weighted by Crippen LogP contribution is -2.27. The third-order valence-corrected chi connectivity index (χ3v) is 8.15. The Bertz CT molecular complexity index is 734. The summed E-state index contributed by atoms with van der Waals surface area (Å²) >= 11 is 0. The van der Waals surface area contributed by atoms with Gasteiger partial charge in [0, 0.05) is 19.4 Å². The highest BCUT2D eigenvalue weighted by Gasteiger charge is 2.23. The molecule has 0 spiro atoms. The highest BCUT2D eigenvalue weighted by molar-refractivity contribution is 7.47. The fourth-order valence-corrected chi connectivity index (χ4v) is 5.35. The lowest BCUT2D eigenvalue weighted by Gasteiger charge is -2.15. The summed E-state index contributed by atoms with van der Waals surface area (Å²) in [6.45, 7) is 3.18. The Labute approximate surface area is 262 Å². The van der Waals surface area contributed by atoms with Crippen molar-refractivity contribution in [2.75, 3.05) is 26.4 Å². The van der Waals surface area contributed by atoms with Crippen molar-refractivity contribution in [2.45, 2.75) is 161 Å². The molecule has 0 saturated carbocycles. The van der Waals surface area contributed by atoms with Crippen molar-refractivity contribution in [3.05, 3.63) is 12.2 Å². The monoisotopic (exact) mass is 633 g/mol. The van der Waals surface area contributed by atoms with E-state index in [9.17, 15) is 24.2 Å². The zero-order valence-electron chi connectivity index (χ0n) is 27.4. The van der Waals surface area contributed by atoms with Gasteiger partial charge in [0.05, 0.1) is 13.2 Å². The summed E-state index contributed by atoms with van der Waals surface area (Å²) in [6, 6.07) is 0. The number of hydrogen-bond donors (Lipinski definition) is 3.